The van der Waals surface area contributed by atoms with E-state index >= 15 is 0 Å². The minimum atomic E-state index is -0.492. The third-order valence-electron chi connectivity index (χ3n) is 5.85. The lowest BCUT2D eigenvalue weighted by atomic mass is 10.1. The number of anilines is 2. The summed E-state index contributed by atoms with van der Waals surface area (Å²) in [5.41, 5.74) is 9.64. The molecule has 0 spiro atoms. The molecular formula is C25H21ClN6O3. The summed E-state index contributed by atoms with van der Waals surface area (Å²) in [6, 6.07) is 18.0. The second-order valence-electron chi connectivity index (χ2n) is 8.24. The van der Waals surface area contributed by atoms with E-state index in [2.05, 4.69) is 15.6 Å². The number of fused-ring (bicyclic) bond motifs is 4. The summed E-state index contributed by atoms with van der Waals surface area (Å²) in [6.07, 6.45) is 0.324. The molecule has 4 aromatic rings. The van der Waals surface area contributed by atoms with Crippen molar-refractivity contribution < 1.29 is 14.3 Å². The van der Waals surface area contributed by atoms with Gasteiger partial charge in [0.1, 0.15) is 0 Å². The molecule has 176 valence electrons. The van der Waals surface area contributed by atoms with Gasteiger partial charge in [-0.25, -0.2) is 9.98 Å². The van der Waals surface area contributed by atoms with E-state index in [0.717, 1.165) is 23.0 Å². The van der Waals surface area contributed by atoms with Gasteiger partial charge in [-0.1, -0.05) is 23.7 Å². The highest BCUT2D eigenvalue weighted by atomic mass is 35.5. The first-order valence-corrected chi connectivity index (χ1v) is 11.5. The Morgan fingerprint density at radius 1 is 1.09 bits per heavy atom. The molecule has 4 N–H and O–H groups in total. The molecule has 3 aromatic carbocycles. The number of guanidine groups is 1. The Kier molecular flexibility index (Phi) is 5.18. The fraction of sp³-hybridized carbons (Fsp3) is 0.160. The number of aliphatic imine (C=N–C) groups is 1. The molecule has 0 saturated carbocycles. The van der Waals surface area contributed by atoms with Crippen LogP contribution >= 0.6 is 11.6 Å². The summed E-state index contributed by atoms with van der Waals surface area (Å²) < 4.78 is 13.7. The SMILES string of the molecule is NC1=NC(c2cccc(NC(=O)c3ccc(Cl)cc3)c2)n2c(nc3cc4c(cc32)OCCCO4)N1. The van der Waals surface area contributed by atoms with Gasteiger partial charge in [0, 0.05) is 34.8 Å². The van der Waals surface area contributed by atoms with Crippen LogP contribution in [-0.4, -0.2) is 34.6 Å². The number of carbonyl (C=O) groups excluding carboxylic acids is 1. The first kappa shape index (κ1) is 21.3. The largest absolute Gasteiger partial charge is 0.489 e. The summed E-state index contributed by atoms with van der Waals surface area (Å²) in [7, 11) is 0. The van der Waals surface area contributed by atoms with Gasteiger partial charge in [0.2, 0.25) is 5.95 Å². The topological polar surface area (TPSA) is 116 Å². The Labute approximate surface area is 205 Å². The fourth-order valence-electron chi connectivity index (χ4n) is 4.23. The number of imidazole rings is 1. The van der Waals surface area contributed by atoms with E-state index in [-0.39, 0.29) is 11.9 Å². The second kappa shape index (κ2) is 8.52. The van der Waals surface area contributed by atoms with Crippen molar-refractivity contribution in [2.45, 2.75) is 12.6 Å². The van der Waals surface area contributed by atoms with Gasteiger partial charge in [-0.05, 0) is 42.0 Å². The molecule has 0 aliphatic carbocycles. The van der Waals surface area contributed by atoms with Gasteiger partial charge in [0.25, 0.3) is 5.91 Å². The Bertz CT molecular complexity index is 1480. The minimum Gasteiger partial charge on any atom is -0.489 e. The third kappa shape index (κ3) is 4.00. The van der Waals surface area contributed by atoms with E-state index in [1.54, 1.807) is 24.3 Å². The number of nitrogens with one attached hydrogen (secondary N) is 2. The average Bonchev–Trinajstić information content (AvgIpc) is 3.03. The summed E-state index contributed by atoms with van der Waals surface area (Å²) in [5.74, 6) is 1.92. The van der Waals surface area contributed by atoms with Gasteiger partial charge in [0.05, 0.1) is 24.2 Å². The highest BCUT2D eigenvalue weighted by Gasteiger charge is 2.27. The molecule has 1 amide bonds. The van der Waals surface area contributed by atoms with Crippen LogP contribution in [0.25, 0.3) is 11.0 Å². The number of hydrogen-bond acceptors (Lipinski definition) is 7. The van der Waals surface area contributed by atoms with Crippen molar-refractivity contribution in [3.05, 3.63) is 76.8 Å². The average molecular weight is 489 g/mol. The number of hydrogen-bond donors (Lipinski definition) is 3. The van der Waals surface area contributed by atoms with E-state index in [4.69, 9.17) is 31.8 Å². The van der Waals surface area contributed by atoms with Gasteiger partial charge in [0.15, 0.2) is 23.6 Å². The maximum atomic E-state index is 12.7. The molecular weight excluding hydrogens is 468 g/mol. The van der Waals surface area contributed by atoms with Crippen molar-refractivity contribution >= 4 is 46.1 Å². The first-order chi connectivity index (χ1) is 17.0. The van der Waals surface area contributed by atoms with Gasteiger partial charge in [-0.3, -0.25) is 14.7 Å². The van der Waals surface area contributed by atoms with E-state index in [0.29, 0.717) is 46.9 Å². The lowest BCUT2D eigenvalue weighted by Crippen LogP contribution is -2.31. The monoisotopic (exact) mass is 488 g/mol. The Morgan fingerprint density at radius 3 is 2.66 bits per heavy atom. The lowest BCUT2D eigenvalue weighted by molar-refractivity contribution is 0.102. The van der Waals surface area contributed by atoms with Crippen molar-refractivity contribution in [3.8, 4) is 11.5 Å². The number of nitrogens with zero attached hydrogens (tertiary/aromatic N) is 3. The number of amides is 1. The zero-order valence-corrected chi connectivity index (χ0v) is 19.2. The molecule has 3 heterocycles. The zero-order chi connectivity index (χ0) is 23.9. The number of halogens is 1. The molecule has 6 rings (SSSR count). The molecule has 2 aliphatic rings. The van der Waals surface area contributed by atoms with Crippen LogP contribution in [0.2, 0.25) is 5.02 Å². The summed E-state index contributed by atoms with van der Waals surface area (Å²) >= 11 is 5.93. The van der Waals surface area contributed by atoms with Crippen molar-refractivity contribution in [1.29, 1.82) is 0 Å². The van der Waals surface area contributed by atoms with Crippen LogP contribution in [0.5, 0.6) is 11.5 Å². The van der Waals surface area contributed by atoms with Crippen LogP contribution in [0.1, 0.15) is 28.5 Å². The van der Waals surface area contributed by atoms with Gasteiger partial charge >= 0.3 is 0 Å². The maximum Gasteiger partial charge on any atom is 0.255 e. The van der Waals surface area contributed by atoms with Gasteiger partial charge < -0.3 is 20.5 Å². The molecule has 1 unspecified atom stereocenters. The van der Waals surface area contributed by atoms with E-state index in [1.165, 1.54) is 0 Å². The minimum absolute atomic E-state index is 0.235. The molecule has 1 aromatic heterocycles. The number of aromatic nitrogens is 2. The van der Waals surface area contributed by atoms with E-state index in [9.17, 15) is 4.79 Å². The standard InChI is InChI=1S/C25H21ClN6O3/c26-16-7-5-14(6-8-16)23(33)28-17-4-1-3-15(11-17)22-30-24(27)31-25-29-18-12-20-21(13-19(18)32(22)25)35-10-2-9-34-20/h1,3-8,11-13,22H,2,9-10H2,(H,28,33)(H3,27,29,30,31). The Balaban J connectivity index is 1.37. The summed E-state index contributed by atoms with van der Waals surface area (Å²) in [6.45, 7) is 1.18. The smallest absolute Gasteiger partial charge is 0.255 e. The molecule has 2 aliphatic heterocycles. The molecule has 10 heteroatoms. The predicted molar refractivity (Wildman–Crippen MR) is 135 cm³/mol. The fourth-order valence-corrected chi connectivity index (χ4v) is 4.36. The Morgan fingerprint density at radius 2 is 1.86 bits per heavy atom. The van der Waals surface area contributed by atoms with E-state index in [1.807, 2.05) is 41.0 Å². The van der Waals surface area contributed by atoms with Crippen molar-refractivity contribution in [2.24, 2.45) is 10.7 Å². The van der Waals surface area contributed by atoms with E-state index < -0.39 is 6.17 Å². The molecule has 0 saturated heterocycles. The molecule has 0 radical (unpaired) electrons. The number of rotatable bonds is 3. The van der Waals surface area contributed by atoms with Gasteiger partial charge in [-0.15, -0.1) is 0 Å². The maximum absolute atomic E-state index is 12.7. The quantitative estimate of drug-likeness (QED) is 0.394. The number of benzene rings is 3. The van der Waals surface area contributed by atoms with Crippen LogP contribution in [0.15, 0.2) is 65.7 Å². The predicted octanol–water partition coefficient (Wildman–Crippen LogP) is 4.39. The number of ether oxygens (including phenoxy) is 2. The van der Waals surface area contributed by atoms with Crippen LogP contribution < -0.4 is 25.8 Å². The third-order valence-corrected chi connectivity index (χ3v) is 6.11. The number of carbonyl (C=O) groups is 1. The van der Waals surface area contributed by atoms with Crippen molar-refractivity contribution in [1.82, 2.24) is 9.55 Å². The number of nitrogens with two attached hydrogens (primary N) is 1. The second-order valence-corrected chi connectivity index (χ2v) is 8.68. The highest BCUT2D eigenvalue weighted by Crippen LogP contribution is 2.39. The lowest BCUT2D eigenvalue weighted by Gasteiger charge is -2.24. The molecule has 1 atom stereocenters. The molecule has 0 bridgehead atoms. The highest BCUT2D eigenvalue weighted by molar-refractivity contribution is 6.30. The Hall–Kier alpha value is -4.24. The first-order valence-electron chi connectivity index (χ1n) is 11.1. The zero-order valence-electron chi connectivity index (χ0n) is 18.5. The van der Waals surface area contributed by atoms with Gasteiger partial charge in [-0.2, -0.15) is 0 Å². The van der Waals surface area contributed by atoms with Crippen LogP contribution in [0.3, 0.4) is 0 Å². The summed E-state index contributed by atoms with van der Waals surface area (Å²) in [4.78, 5) is 22.1. The normalized spacial score (nSPS) is 16.6. The molecule has 35 heavy (non-hydrogen) atoms. The molecule has 9 nitrogen and oxygen atoms in total. The molecule has 0 fully saturated rings. The van der Waals surface area contributed by atoms with Crippen molar-refractivity contribution in [2.75, 3.05) is 23.8 Å². The van der Waals surface area contributed by atoms with Crippen LogP contribution in [0.4, 0.5) is 11.6 Å². The van der Waals surface area contributed by atoms with Crippen LogP contribution in [0, 0.1) is 0 Å². The van der Waals surface area contributed by atoms with Crippen LogP contribution in [-0.2, 0) is 0 Å². The summed E-state index contributed by atoms with van der Waals surface area (Å²) in [5, 5.41) is 6.55. The van der Waals surface area contributed by atoms with Crippen molar-refractivity contribution in [3.63, 3.8) is 0 Å².